The van der Waals surface area contributed by atoms with Crippen LogP contribution in [0.1, 0.15) is 85.6 Å². The van der Waals surface area contributed by atoms with Gasteiger partial charge in [-0.15, -0.1) is 0 Å². The number of hydrogen-bond acceptors (Lipinski definition) is 2. The fraction of sp³-hybridized carbons (Fsp3) is 0.581. The molecule has 1 aliphatic heterocycles. The molecule has 3 nitrogen and oxygen atoms in total. The highest BCUT2D eigenvalue weighted by molar-refractivity contribution is 5.95. The number of aromatic nitrogens is 2. The SMILES string of the molecule is CCc1ncc(C)cc1-c1c(CC(C)(C)CC)c2cc(N3CC(C)(C)C3(C)C)ccc2n1CC. The average Bonchev–Trinajstić information content (AvgIpc) is 3.09. The summed E-state index contributed by atoms with van der Waals surface area (Å²) >= 11 is 0. The van der Waals surface area contributed by atoms with Gasteiger partial charge >= 0.3 is 0 Å². The Morgan fingerprint density at radius 2 is 1.74 bits per heavy atom. The standard InChI is InChI=1S/C31H45N3/c1-11-26-24(16-21(4)19-32-26)28-25(18-29(5,6)12-2)23-17-22(14-15-27(23)33(28)13-3)34-20-30(7,8)31(34,9)10/h14-17,19H,11-13,18,20H2,1-10H3. The van der Waals surface area contributed by atoms with E-state index in [0.717, 1.165) is 32.4 Å². The third-order valence-corrected chi connectivity index (χ3v) is 8.97. The predicted octanol–water partition coefficient (Wildman–Crippen LogP) is 8.20. The van der Waals surface area contributed by atoms with Crippen molar-refractivity contribution in [2.45, 2.75) is 101 Å². The molecule has 1 aromatic carbocycles. The van der Waals surface area contributed by atoms with Gasteiger partial charge in [0, 0.05) is 58.1 Å². The molecule has 0 unspecified atom stereocenters. The molecule has 184 valence electrons. The molecule has 0 atom stereocenters. The van der Waals surface area contributed by atoms with E-state index in [0.29, 0.717) is 5.41 Å². The van der Waals surface area contributed by atoms with Gasteiger partial charge in [0.25, 0.3) is 0 Å². The highest BCUT2D eigenvalue weighted by atomic mass is 15.3. The van der Waals surface area contributed by atoms with Gasteiger partial charge in [0.1, 0.15) is 0 Å². The Kier molecular flexibility index (Phi) is 6.15. The molecule has 2 aromatic heterocycles. The van der Waals surface area contributed by atoms with Crippen LogP contribution in [0.5, 0.6) is 0 Å². The van der Waals surface area contributed by atoms with Gasteiger partial charge in [-0.3, -0.25) is 4.98 Å². The quantitative estimate of drug-likeness (QED) is 0.355. The fourth-order valence-corrected chi connectivity index (χ4v) is 5.56. The lowest BCUT2D eigenvalue weighted by atomic mass is 9.65. The van der Waals surface area contributed by atoms with Crippen LogP contribution in [-0.4, -0.2) is 21.6 Å². The normalized spacial score (nSPS) is 17.3. The van der Waals surface area contributed by atoms with E-state index in [1.165, 1.54) is 44.7 Å². The molecular formula is C31H45N3. The molecule has 0 bridgehead atoms. The van der Waals surface area contributed by atoms with Gasteiger partial charge in [-0.2, -0.15) is 0 Å². The minimum Gasteiger partial charge on any atom is -0.365 e. The molecule has 34 heavy (non-hydrogen) atoms. The zero-order valence-electron chi connectivity index (χ0n) is 23.3. The van der Waals surface area contributed by atoms with Crippen molar-refractivity contribution in [2.24, 2.45) is 10.8 Å². The summed E-state index contributed by atoms with van der Waals surface area (Å²) in [6, 6.07) is 9.56. The zero-order valence-corrected chi connectivity index (χ0v) is 23.3. The molecule has 0 amide bonds. The third-order valence-electron chi connectivity index (χ3n) is 8.97. The van der Waals surface area contributed by atoms with E-state index in [-0.39, 0.29) is 11.0 Å². The van der Waals surface area contributed by atoms with Gasteiger partial charge < -0.3 is 9.47 Å². The molecular weight excluding hydrogens is 414 g/mol. The van der Waals surface area contributed by atoms with Gasteiger partial charge in [0.15, 0.2) is 0 Å². The van der Waals surface area contributed by atoms with Crippen LogP contribution in [0.3, 0.4) is 0 Å². The second kappa shape index (κ2) is 8.43. The number of rotatable bonds is 7. The molecule has 3 heteroatoms. The molecule has 0 radical (unpaired) electrons. The van der Waals surface area contributed by atoms with Gasteiger partial charge in [-0.05, 0) is 81.3 Å². The van der Waals surface area contributed by atoms with Crippen molar-refractivity contribution in [3.05, 3.63) is 47.3 Å². The molecule has 0 aliphatic carbocycles. The first-order valence-electron chi connectivity index (χ1n) is 13.3. The topological polar surface area (TPSA) is 21.1 Å². The van der Waals surface area contributed by atoms with Crippen molar-refractivity contribution in [1.29, 1.82) is 0 Å². The molecule has 1 saturated heterocycles. The summed E-state index contributed by atoms with van der Waals surface area (Å²) < 4.78 is 2.54. The molecule has 3 heterocycles. The summed E-state index contributed by atoms with van der Waals surface area (Å²) in [7, 11) is 0. The monoisotopic (exact) mass is 459 g/mol. The van der Waals surface area contributed by atoms with Gasteiger partial charge in [0.2, 0.25) is 0 Å². The first-order valence-corrected chi connectivity index (χ1v) is 13.3. The maximum atomic E-state index is 4.86. The number of nitrogens with zero attached hydrogens (tertiary/aromatic N) is 3. The fourth-order valence-electron chi connectivity index (χ4n) is 5.56. The average molecular weight is 460 g/mol. The van der Waals surface area contributed by atoms with Crippen LogP contribution in [0.15, 0.2) is 30.5 Å². The van der Waals surface area contributed by atoms with E-state index in [2.05, 4.69) is 103 Å². The van der Waals surface area contributed by atoms with Crippen molar-refractivity contribution in [3.8, 4) is 11.3 Å². The number of anilines is 1. The molecule has 3 aromatic rings. The van der Waals surface area contributed by atoms with Crippen LogP contribution in [0.4, 0.5) is 5.69 Å². The Morgan fingerprint density at radius 1 is 1.03 bits per heavy atom. The van der Waals surface area contributed by atoms with E-state index >= 15 is 0 Å². The van der Waals surface area contributed by atoms with Crippen LogP contribution in [-0.2, 0) is 19.4 Å². The highest BCUT2D eigenvalue weighted by Gasteiger charge is 2.52. The summed E-state index contributed by atoms with van der Waals surface area (Å²) in [6.07, 6.45) is 5.19. The minimum absolute atomic E-state index is 0.148. The highest BCUT2D eigenvalue weighted by Crippen LogP contribution is 2.50. The maximum Gasteiger partial charge on any atom is 0.0542 e. The molecule has 0 spiro atoms. The van der Waals surface area contributed by atoms with Crippen molar-refractivity contribution in [3.63, 3.8) is 0 Å². The minimum atomic E-state index is 0.148. The number of fused-ring (bicyclic) bond motifs is 1. The summed E-state index contributed by atoms with van der Waals surface area (Å²) in [4.78, 5) is 7.45. The second-order valence-electron chi connectivity index (χ2n) is 12.4. The smallest absolute Gasteiger partial charge is 0.0542 e. The first-order chi connectivity index (χ1) is 15.9. The second-order valence-corrected chi connectivity index (χ2v) is 12.4. The maximum absolute atomic E-state index is 4.86. The van der Waals surface area contributed by atoms with Crippen molar-refractivity contribution in [1.82, 2.24) is 9.55 Å². The lowest BCUT2D eigenvalue weighted by Gasteiger charge is -2.62. The number of aryl methyl sites for hydroxylation is 3. The van der Waals surface area contributed by atoms with Crippen LogP contribution in [0, 0.1) is 17.8 Å². The van der Waals surface area contributed by atoms with Crippen molar-refractivity contribution < 1.29 is 0 Å². The van der Waals surface area contributed by atoms with Crippen LogP contribution in [0.25, 0.3) is 22.2 Å². The summed E-state index contributed by atoms with van der Waals surface area (Å²) in [6.45, 7) is 25.4. The van der Waals surface area contributed by atoms with Crippen LogP contribution >= 0.6 is 0 Å². The lowest BCUT2D eigenvalue weighted by Crippen LogP contribution is -2.69. The van der Waals surface area contributed by atoms with E-state index in [1.54, 1.807) is 0 Å². The zero-order chi connectivity index (χ0) is 25.1. The first kappa shape index (κ1) is 24.8. The van der Waals surface area contributed by atoms with Gasteiger partial charge in [0.05, 0.1) is 5.69 Å². The molecule has 0 saturated carbocycles. The van der Waals surface area contributed by atoms with Crippen molar-refractivity contribution >= 4 is 16.6 Å². The molecule has 1 fully saturated rings. The number of hydrogen-bond donors (Lipinski definition) is 0. The Balaban J connectivity index is 2.01. The Morgan fingerprint density at radius 3 is 2.29 bits per heavy atom. The number of benzene rings is 1. The Bertz CT molecular complexity index is 1210. The van der Waals surface area contributed by atoms with Crippen LogP contribution < -0.4 is 4.90 Å². The summed E-state index contributed by atoms with van der Waals surface area (Å²) in [5.74, 6) is 0. The van der Waals surface area contributed by atoms with Crippen molar-refractivity contribution in [2.75, 3.05) is 11.4 Å². The van der Waals surface area contributed by atoms with E-state index < -0.39 is 0 Å². The van der Waals surface area contributed by atoms with E-state index in [9.17, 15) is 0 Å². The van der Waals surface area contributed by atoms with E-state index in [4.69, 9.17) is 4.98 Å². The van der Waals surface area contributed by atoms with Gasteiger partial charge in [-0.1, -0.05) is 48.0 Å². The predicted molar refractivity (Wildman–Crippen MR) is 148 cm³/mol. The largest absolute Gasteiger partial charge is 0.365 e. The van der Waals surface area contributed by atoms with Gasteiger partial charge in [-0.25, -0.2) is 0 Å². The van der Waals surface area contributed by atoms with E-state index in [1.807, 2.05) is 6.20 Å². The summed E-state index contributed by atoms with van der Waals surface area (Å²) in [5, 5.41) is 1.42. The molecule has 0 N–H and O–H groups in total. The molecule has 1 aliphatic rings. The Labute approximate surface area is 207 Å². The number of pyridine rings is 1. The summed E-state index contributed by atoms with van der Waals surface area (Å²) in [5.41, 5.74) is 10.0. The third kappa shape index (κ3) is 3.85. The molecule has 4 rings (SSSR count). The lowest BCUT2D eigenvalue weighted by molar-refractivity contribution is 0.0980. The van der Waals surface area contributed by atoms with Crippen LogP contribution in [0.2, 0.25) is 0 Å². The Hall–Kier alpha value is -2.29.